The lowest BCUT2D eigenvalue weighted by atomic mass is 10.0. The van der Waals surface area contributed by atoms with Crippen molar-refractivity contribution in [2.45, 2.75) is 26.4 Å². The van der Waals surface area contributed by atoms with Crippen molar-refractivity contribution in [3.63, 3.8) is 0 Å². The molecule has 1 amide bonds. The largest absolute Gasteiger partial charge is 0.497 e. The van der Waals surface area contributed by atoms with Crippen molar-refractivity contribution in [3.8, 4) is 5.75 Å². The fraction of sp³-hybridized carbons (Fsp3) is 0.462. The summed E-state index contributed by atoms with van der Waals surface area (Å²) in [6.07, 6.45) is 0. The van der Waals surface area contributed by atoms with Crippen molar-refractivity contribution in [1.29, 1.82) is 0 Å². The van der Waals surface area contributed by atoms with Gasteiger partial charge in [-0.3, -0.25) is 9.10 Å². The van der Waals surface area contributed by atoms with Crippen molar-refractivity contribution in [2.24, 2.45) is 5.92 Å². The van der Waals surface area contributed by atoms with E-state index in [4.69, 9.17) is 4.74 Å². The van der Waals surface area contributed by atoms with Gasteiger partial charge in [0.2, 0.25) is 0 Å². The molecule has 5 heteroatoms. The number of hydrogen-bond donors (Lipinski definition) is 1. The third-order valence-corrected chi connectivity index (χ3v) is 3.84. The van der Waals surface area contributed by atoms with Crippen LogP contribution in [0.3, 0.4) is 0 Å². The molecule has 4 nitrogen and oxygen atoms in total. The van der Waals surface area contributed by atoms with Crippen LogP contribution in [0.5, 0.6) is 5.75 Å². The van der Waals surface area contributed by atoms with Crippen LogP contribution in [0, 0.1) is 5.92 Å². The minimum absolute atomic E-state index is 0.0757. The molecule has 0 radical (unpaired) electrons. The fourth-order valence-electron chi connectivity index (χ4n) is 1.80. The Kier molecular flexibility index (Phi) is 4.14. The van der Waals surface area contributed by atoms with Crippen molar-refractivity contribution in [2.75, 3.05) is 7.11 Å². The lowest BCUT2D eigenvalue weighted by molar-refractivity contribution is -0.127. The molecule has 0 saturated carbocycles. The zero-order chi connectivity index (χ0) is 13.1. The van der Waals surface area contributed by atoms with Gasteiger partial charge in [-0.05, 0) is 23.6 Å². The van der Waals surface area contributed by atoms with Crippen LogP contribution in [-0.2, 0) is 11.3 Å². The fourth-order valence-corrected chi connectivity index (χ4v) is 2.83. The Bertz CT molecular complexity index is 420. The average Bonchev–Trinajstić information content (AvgIpc) is 2.72. The van der Waals surface area contributed by atoms with E-state index < -0.39 is 0 Å². The van der Waals surface area contributed by atoms with Crippen molar-refractivity contribution < 1.29 is 9.53 Å². The number of rotatable bonds is 4. The molecule has 0 aromatic heterocycles. The maximum absolute atomic E-state index is 12.1. The van der Waals surface area contributed by atoms with Crippen LogP contribution in [0.2, 0.25) is 0 Å². The Balaban J connectivity index is 1.99. The number of carbonyl (C=O) groups is 1. The zero-order valence-corrected chi connectivity index (χ0v) is 11.7. The van der Waals surface area contributed by atoms with Crippen molar-refractivity contribution in [3.05, 3.63) is 29.8 Å². The van der Waals surface area contributed by atoms with Gasteiger partial charge in [0.1, 0.15) is 11.8 Å². The number of benzene rings is 1. The van der Waals surface area contributed by atoms with Crippen molar-refractivity contribution >= 4 is 18.0 Å². The highest BCUT2D eigenvalue weighted by atomic mass is 32.2. The number of amides is 1. The third kappa shape index (κ3) is 2.79. The van der Waals surface area contributed by atoms with Crippen LogP contribution in [0.15, 0.2) is 24.3 Å². The number of nitrogens with zero attached hydrogens (tertiary/aromatic N) is 1. The molecule has 1 aliphatic rings. The maximum atomic E-state index is 12.1. The topological polar surface area (TPSA) is 41.6 Å². The van der Waals surface area contributed by atoms with Gasteiger partial charge >= 0.3 is 0 Å². The number of ether oxygens (including phenoxy) is 1. The summed E-state index contributed by atoms with van der Waals surface area (Å²) in [7, 11) is 1.64. The van der Waals surface area contributed by atoms with Gasteiger partial charge in [-0.25, -0.2) is 4.72 Å². The van der Waals surface area contributed by atoms with E-state index in [2.05, 4.69) is 4.72 Å². The predicted molar refractivity (Wildman–Crippen MR) is 72.9 cm³/mol. The summed E-state index contributed by atoms with van der Waals surface area (Å²) in [5.74, 6) is 1.30. The number of methoxy groups -OCH3 is 1. The van der Waals surface area contributed by atoms with E-state index in [9.17, 15) is 4.79 Å². The summed E-state index contributed by atoms with van der Waals surface area (Å²) in [5, 5.41) is 0. The van der Waals surface area contributed by atoms with E-state index in [0.29, 0.717) is 12.5 Å². The third-order valence-electron chi connectivity index (χ3n) is 2.95. The Morgan fingerprint density at radius 3 is 2.56 bits per heavy atom. The zero-order valence-electron chi connectivity index (χ0n) is 10.8. The summed E-state index contributed by atoms with van der Waals surface area (Å²) in [6, 6.07) is 7.71. The van der Waals surface area contributed by atoms with Crippen LogP contribution >= 0.6 is 12.1 Å². The molecule has 0 unspecified atom stereocenters. The van der Waals surface area contributed by atoms with Gasteiger partial charge in [-0.2, -0.15) is 0 Å². The van der Waals surface area contributed by atoms with E-state index >= 15 is 0 Å². The second kappa shape index (κ2) is 5.63. The second-order valence-corrected chi connectivity index (χ2v) is 5.51. The Morgan fingerprint density at radius 1 is 1.39 bits per heavy atom. The van der Waals surface area contributed by atoms with Crippen LogP contribution in [0.4, 0.5) is 0 Å². The van der Waals surface area contributed by atoms with Crippen LogP contribution in [-0.4, -0.2) is 23.4 Å². The number of nitrogens with one attached hydrogen (secondary N) is 1. The van der Waals surface area contributed by atoms with Crippen LogP contribution < -0.4 is 9.46 Å². The summed E-state index contributed by atoms with van der Waals surface area (Å²) < 4.78 is 10.0. The first-order chi connectivity index (χ1) is 8.61. The lowest BCUT2D eigenvalue weighted by Crippen LogP contribution is -2.34. The standard InChI is InChI=1S/C13H18N2O2S/c1-9(2)12-13(16)15(18-14-12)8-10-4-6-11(17-3)7-5-10/h4-7,9,12,14H,8H2,1-3H3/t12-/m1/s1. The summed E-state index contributed by atoms with van der Waals surface area (Å²) in [6.45, 7) is 4.71. The maximum Gasteiger partial charge on any atom is 0.252 e. The Hall–Kier alpha value is -1.20. The molecule has 0 spiro atoms. The molecule has 1 saturated heterocycles. The quantitative estimate of drug-likeness (QED) is 0.848. The summed E-state index contributed by atoms with van der Waals surface area (Å²) in [5.41, 5.74) is 1.10. The SMILES string of the molecule is COc1ccc(CN2SN[C@H](C(C)C)C2=O)cc1. The molecule has 98 valence electrons. The smallest absolute Gasteiger partial charge is 0.252 e. The molecular weight excluding hydrogens is 248 g/mol. The lowest BCUT2D eigenvalue weighted by Gasteiger charge is -2.15. The molecule has 1 atom stereocenters. The van der Waals surface area contributed by atoms with Gasteiger partial charge in [0, 0.05) is 12.1 Å². The molecule has 1 N–H and O–H groups in total. The first-order valence-electron chi connectivity index (χ1n) is 5.98. The molecule has 1 aromatic carbocycles. The first kappa shape index (κ1) is 13.2. The average molecular weight is 266 g/mol. The van der Waals surface area contributed by atoms with E-state index in [1.54, 1.807) is 11.4 Å². The van der Waals surface area contributed by atoms with E-state index in [-0.39, 0.29) is 11.9 Å². The molecule has 2 rings (SSSR count). The summed E-state index contributed by atoms with van der Waals surface area (Å²) in [4.78, 5) is 12.1. The molecular formula is C13H18N2O2S. The van der Waals surface area contributed by atoms with Crippen LogP contribution in [0.25, 0.3) is 0 Å². The molecule has 0 aliphatic carbocycles. The number of hydrogen-bond acceptors (Lipinski definition) is 4. The van der Waals surface area contributed by atoms with Gasteiger partial charge in [0.05, 0.1) is 13.7 Å². The van der Waals surface area contributed by atoms with Gasteiger partial charge in [-0.15, -0.1) is 0 Å². The minimum Gasteiger partial charge on any atom is -0.497 e. The highest BCUT2D eigenvalue weighted by Crippen LogP contribution is 2.25. The highest BCUT2D eigenvalue weighted by molar-refractivity contribution is 7.96. The monoisotopic (exact) mass is 266 g/mol. The van der Waals surface area contributed by atoms with Crippen LogP contribution in [0.1, 0.15) is 19.4 Å². The highest BCUT2D eigenvalue weighted by Gasteiger charge is 2.34. The van der Waals surface area contributed by atoms with Gasteiger partial charge < -0.3 is 4.74 Å². The van der Waals surface area contributed by atoms with E-state index in [1.807, 2.05) is 38.1 Å². The molecule has 18 heavy (non-hydrogen) atoms. The second-order valence-electron chi connectivity index (χ2n) is 4.65. The Morgan fingerprint density at radius 2 is 2.06 bits per heavy atom. The molecule has 1 fully saturated rings. The van der Waals surface area contributed by atoms with E-state index in [0.717, 1.165) is 11.3 Å². The predicted octanol–water partition coefficient (Wildman–Crippen LogP) is 2.21. The molecule has 1 aromatic rings. The number of carbonyl (C=O) groups excluding carboxylic acids is 1. The van der Waals surface area contributed by atoms with Gasteiger partial charge in [-0.1, -0.05) is 26.0 Å². The molecule has 1 heterocycles. The van der Waals surface area contributed by atoms with Gasteiger partial charge in [0.15, 0.2) is 0 Å². The molecule has 0 bridgehead atoms. The Labute approximate surface area is 112 Å². The first-order valence-corrected chi connectivity index (χ1v) is 6.76. The molecule has 1 aliphatic heterocycles. The van der Waals surface area contributed by atoms with Gasteiger partial charge in [0.25, 0.3) is 5.91 Å². The normalized spacial score (nSPS) is 19.7. The summed E-state index contributed by atoms with van der Waals surface area (Å²) >= 11 is 1.39. The minimum atomic E-state index is -0.0757. The van der Waals surface area contributed by atoms with Crippen molar-refractivity contribution in [1.82, 2.24) is 9.03 Å². The van der Waals surface area contributed by atoms with E-state index in [1.165, 1.54) is 12.1 Å².